The Kier molecular flexibility index (Phi) is 7.38. The van der Waals surface area contributed by atoms with E-state index in [0.29, 0.717) is 17.5 Å². The van der Waals surface area contributed by atoms with Crippen molar-refractivity contribution in [2.75, 3.05) is 9.80 Å². The second-order valence-corrected chi connectivity index (χ2v) is 19.8. The first-order valence-electron chi connectivity index (χ1n) is 22.0. The normalized spacial score (nSPS) is 17.2. The van der Waals surface area contributed by atoms with Crippen LogP contribution in [0.5, 0.6) is 0 Å². The summed E-state index contributed by atoms with van der Waals surface area (Å²) in [5.74, 6) is 2.01. The molecule has 12 rings (SSSR count). The zero-order chi connectivity index (χ0) is 42.5. The van der Waals surface area contributed by atoms with E-state index in [1.807, 2.05) is 6.07 Å². The summed E-state index contributed by atoms with van der Waals surface area (Å²) >= 11 is 0. The third-order valence-corrected chi connectivity index (χ3v) is 14.8. The first-order chi connectivity index (χ1) is 29.8. The molecule has 8 aromatic rings. The van der Waals surface area contributed by atoms with Crippen molar-refractivity contribution in [2.24, 2.45) is 0 Å². The number of hydrogen-bond donors (Lipinski definition) is 0. The lowest BCUT2D eigenvalue weighted by Crippen LogP contribution is -2.38. The SMILES string of the molecule is CC1(C)c2ccccc2N2c3ccccc3C(C)(C)c3cc(-c4nc(-c5ccccc5)nc(-c5cc6c7c(c5)C(C)(C)c5ccccc5N7c5ccccc5C6(C)C)n4)cc1c32. The van der Waals surface area contributed by atoms with Gasteiger partial charge in [0.1, 0.15) is 0 Å². The van der Waals surface area contributed by atoms with Crippen LogP contribution in [0.1, 0.15) is 99.9 Å². The van der Waals surface area contributed by atoms with Crippen molar-refractivity contribution in [3.05, 3.63) is 196 Å². The fraction of sp³-hybridized carbons (Fsp3) is 0.211. The van der Waals surface area contributed by atoms with E-state index in [4.69, 9.17) is 15.0 Å². The molecule has 0 saturated carbocycles. The average Bonchev–Trinajstić information content (AvgIpc) is 3.28. The molecular formula is C57H49N5. The molecule has 4 aliphatic heterocycles. The van der Waals surface area contributed by atoms with Gasteiger partial charge in [-0.1, -0.05) is 159 Å². The fourth-order valence-corrected chi connectivity index (χ4v) is 11.4. The van der Waals surface area contributed by atoms with Gasteiger partial charge in [0.15, 0.2) is 17.5 Å². The summed E-state index contributed by atoms with van der Waals surface area (Å²) in [4.78, 5) is 21.3. The van der Waals surface area contributed by atoms with Crippen molar-refractivity contribution in [3.8, 4) is 34.2 Å². The number of anilines is 6. The predicted octanol–water partition coefficient (Wildman–Crippen LogP) is 14.4. The number of hydrogen-bond acceptors (Lipinski definition) is 5. The van der Waals surface area contributed by atoms with Crippen molar-refractivity contribution in [3.63, 3.8) is 0 Å². The highest BCUT2D eigenvalue weighted by Crippen LogP contribution is 2.62. The third-order valence-electron chi connectivity index (χ3n) is 14.8. The van der Waals surface area contributed by atoms with Gasteiger partial charge < -0.3 is 9.80 Å². The number of nitrogens with zero attached hydrogens (tertiary/aromatic N) is 5. The average molecular weight is 804 g/mol. The van der Waals surface area contributed by atoms with E-state index in [-0.39, 0.29) is 21.7 Å². The molecule has 0 spiro atoms. The molecule has 5 nitrogen and oxygen atoms in total. The van der Waals surface area contributed by atoms with Crippen molar-refractivity contribution in [2.45, 2.75) is 77.0 Å². The van der Waals surface area contributed by atoms with E-state index >= 15 is 0 Å². The van der Waals surface area contributed by atoms with E-state index in [9.17, 15) is 0 Å². The van der Waals surface area contributed by atoms with E-state index in [2.05, 4.69) is 211 Å². The molecule has 0 N–H and O–H groups in total. The minimum absolute atomic E-state index is 0.287. The van der Waals surface area contributed by atoms with E-state index < -0.39 is 0 Å². The predicted molar refractivity (Wildman–Crippen MR) is 254 cm³/mol. The second-order valence-electron chi connectivity index (χ2n) is 19.8. The second kappa shape index (κ2) is 12.4. The van der Waals surface area contributed by atoms with Crippen molar-refractivity contribution in [1.29, 1.82) is 0 Å². The van der Waals surface area contributed by atoms with Crippen LogP contribution in [0.3, 0.4) is 0 Å². The molecule has 0 bridgehead atoms. The first kappa shape index (κ1) is 37.0. The smallest absolute Gasteiger partial charge is 0.164 e. The standard InChI is InChI=1S/C57H49N5/c1-54(2)37-22-12-16-26-45(37)61-46-27-17-13-23-38(46)55(3,4)42-31-35(30-41(54)49(42)61)52-58-51(34-20-10-9-11-21-34)59-53(60-52)36-32-43-50-44(33-36)57(7,8)40-25-15-19-29-48(40)62(50)47-28-18-14-24-39(47)56(43,5)6/h9-33H,1-8H3. The molecule has 1 aromatic heterocycles. The van der Waals surface area contributed by atoms with Crippen LogP contribution >= 0.6 is 0 Å². The van der Waals surface area contributed by atoms with Gasteiger partial charge in [-0.25, -0.2) is 15.0 Å². The van der Waals surface area contributed by atoms with Crippen LogP contribution in [0.25, 0.3) is 34.2 Å². The Morgan fingerprint density at radius 2 is 0.548 bits per heavy atom. The molecule has 62 heavy (non-hydrogen) atoms. The van der Waals surface area contributed by atoms with Crippen molar-refractivity contribution < 1.29 is 0 Å². The molecule has 0 saturated heterocycles. The number of rotatable bonds is 3. The highest BCUT2D eigenvalue weighted by Gasteiger charge is 2.47. The van der Waals surface area contributed by atoms with E-state index in [0.717, 1.165) is 16.7 Å². The van der Waals surface area contributed by atoms with Crippen LogP contribution in [0.4, 0.5) is 34.1 Å². The summed E-state index contributed by atoms with van der Waals surface area (Å²) in [5, 5.41) is 0. The van der Waals surface area contributed by atoms with Crippen molar-refractivity contribution >= 4 is 34.1 Å². The minimum Gasteiger partial charge on any atom is -0.309 e. The Labute approximate surface area is 364 Å². The lowest BCUT2D eigenvalue weighted by molar-refractivity contribution is 0.597. The largest absolute Gasteiger partial charge is 0.309 e. The quantitative estimate of drug-likeness (QED) is 0.178. The minimum atomic E-state index is -0.287. The molecule has 0 radical (unpaired) electrons. The Hall–Kier alpha value is -6.85. The molecule has 0 fully saturated rings. The van der Waals surface area contributed by atoms with Crippen LogP contribution < -0.4 is 9.80 Å². The number of para-hydroxylation sites is 4. The number of fused-ring (bicyclic) bond motifs is 8. The van der Waals surface area contributed by atoms with Crippen LogP contribution in [-0.2, 0) is 21.7 Å². The first-order valence-corrected chi connectivity index (χ1v) is 22.0. The van der Waals surface area contributed by atoms with Gasteiger partial charge in [0.2, 0.25) is 0 Å². The number of aromatic nitrogens is 3. The van der Waals surface area contributed by atoms with E-state index in [1.165, 1.54) is 78.6 Å². The Balaban J connectivity index is 1.13. The lowest BCUT2D eigenvalue weighted by Gasteiger charge is -2.49. The maximum atomic E-state index is 5.54. The fourth-order valence-electron chi connectivity index (χ4n) is 11.4. The van der Waals surface area contributed by atoms with Gasteiger partial charge in [-0.15, -0.1) is 0 Å². The summed E-state index contributed by atoms with van der Waals surface area (Å²) in [5.41, 5.74) is 19.6. The lowest BCUT2D eigenvalue weighted by atomic mass is 9.66. The molecule has 0 atom stereocenters. The molecule has 5 heteroatoms. The molecule has 0 amide bonds. The molecule has 302 valence electrons. The van der Waals surface area contributed by atoms with Crippen LogP contribution in [0.2, 0.25) is 0 Å². The monoisotopic (exact) mass is 803 g/mol. The molecule has 4 aliphatic rings. The van der Waals surface area contributed by atoms with Crippen LogP contribution in [-0.4, -0.2) is 15.0 Å². The Morgan fingerprint density at radius 1 is 0.290 bits per heavy atom. The Bertz CT molecular complexity index is 2850. The highest BCUT2D eigenvalue weighted by molar-refractivity contribution is 5.96. The molecule has 5 heterocycles. The Morgan fingerprint density at radius 3 is 0.855 bits per heavy atom. The topological polar surface area (TPSA) is 45.2 Å². The number of benzene rings is 7. The molecule has 0 unspecified atom stereocenters. The summed E-state index contributed by atoms with van der Waals surface area (Å²) in [6.07, 6.45) is 0. The van der Waals surface area contributed by atoms with Gasteiger partial charge in [-0.2, -0.15) is 0 Å². The van der Waals surface area contributed by atoms with Gasteiger partial charge in [0.05, 0.1) is 34.1 Å². The molecule has 0 aliphatic carbocycles. The molecular weight excluding hydrogens is 755 g/mol. The highest BCUT2D eigenvalue weighted by atomic mass is 15.2. The van der Waals surface area contributed by atoms with Gasteiger partial charge >= 0.3 is 0 Å². The summed E-state index contributed by atoms with van der Waals surface area (Å²) < 4.78 is 0. The summed E-state index contributed by atoms with van der Waals surface area (Å²) in [6, 6.07) is 55.5. The van der Waals surface area contributed by atoms with Gasteiger partial charge in [0.25, 0.3) is 0 Å². The van der Waals surface area contributed by atoms with Crippen LogP contribution in [0.15, 0.2) is 152 Å². The van der Waals surface area contributed by atoms with Gasteiger partial charge in [-0.05, 0) is 93.0 Å². The van der Waals surface area contributed by atoms with Crippen molar-refractivity contribution in [1.82, 2.24) is 15.0 Å². The third kappa shape index (κ3) is 4.82. The zero-order valence-electron chi connectivity index (χ0n) is 36.7. The van der Waals surface area contributed by atoms with E-state index in [1.54, 1.807) is 0 Å². The molecule has 7 aromatic carbocycles. The zero-order valence-corrected chi connectivity index (χ0v) is 36.7. The maximum absolute atomic E-state index is 5.54. The summed E-state index contributed by atoms with van der Waals surface area (Å²) in [6.45, 7) is 18.9. The van der Waals surface area contributed by atoms with Crippen LogP contribution in [0, 0.1) is 0 Å². The van der Waals surface area contributed by atoms with Gasteiger partial charge in [-0.3, -0.25) is 0 Å². The van der Waals surface area contributed by atoms with Gasteiger partial charge in [0, 0.05) is 38.4 Å². The summed E-state index contributed by atoms with van der Waals surface area (Å²) in [7, 11) is 0. The maximum Gasteiger partial charge on any atom is 0.164 e.